The van der Waals surface area contributed by atoms with Gasteiger partial charge < -0.3 is 10.1 Å². The smallest absolute Gasteiger partial charge is 0.0589 e. The third kappa shape index (κ3) is 4.69. The zero-order chi connectivity index (χ0) is 12.6. The van der Waals surface area contributed by atoms with Crippen LogP contribution in [0.4, 0.5) is 0 Å². The molecule has 1 unspecified atom stereocenters. The minimum absolute atomic E-state index is 0.685. The predicted molar refractivity (Wildman–Crippen MR) is 77.4 cm³/mol. The van der Waals surface area contributed by atoms with Crippen LogP contribution in [-0.4, -0.2) is 50.8 Å². The van der Waals surface area contributed by atoms with Crippen LogP contribution in [0.25, 0.3) is 0 Å². The van der Waals surface area contributed by atoms with Crippen molar-refractivity contribution >= 4 is 11.3 Å². The first-order chi connectivity index (χ1) is 8.88. The van der Waals surface area contributed by atoms with Gasteiger partial charge in [0, 0.05) is 37.7 Å². The highest BCUT2D eigenvalue weighted by Gasteiger charge is 2.17. The normalized spacial score (nSPS) is 19.8. The highest BCUT2D eigenvalue weighted by Crippen LogP contribution is 2.11. The fourth-order valence-electron chi connectivity index (χ4n) is 2.46. The highest BCUT2D eigenvalue weighted by molar-refractivity contribution is 7.09. The lowest BCUT2D eigenvalue weighted by molar-refractivity contribution is 0.143. The number of hydrogen-bond donors (Lipinski definition) is 1. The van der Waals surface area contributed by atoms with Crippen LogP contribution < -0.4 is 5.32 Å². The molecule has 1 aromatic rings. The maximum absolute atomic E-state index is 5.21. The molecule has 4 heteroatoms. The molecule has 102 valence electrons. The Morgan fingerprint density at radius 3 is 3.11 bits per heavy atom. The van der Waals surface area contributed by atoms with Gasteiger partial charge in [-0.15, -0.1) is 11.3 Å². The number of methoxy groups -OCH3 is 1. The fraction of sp³-hybridized carbons (Fsp3) is 0.714. The van der Waals surface area contributed by atoms with E-state index in [2.05, 4.69) is 27.7 Å². The first kappa shape index (κ1) is 14.0. The summed E-state index contributed by atoms with van der Waals surface area (Å²) in [4.78, 5) is 4.02. The van der Waals surface area contributed by atoms with Crippen molar-refractivity contribution in [2.45, 2.75) is 25.3 Å². The largest absolute Gasteiger partial charge is 0.383 e. The summed E-state index contributed by atoms with van der Waals surface area (Å²) in [6.07, 6.45) is 3.81. The van der Waals surface area contributed by atoms with Crippen LogP contribution in [0.3, 0.4) is 0 Å². The lowest BCUT2D eigenvalue weighted by Gasteiger charge is -2.25. The van der Waals surface area contributed by atoms with Crippen molar-refractivity contribution in [2.75, 3.05) is 39.9 Å². The molecule has 2 heterocycles. The van der Waals surface area contributed by atoms with E-state index in [0.717, 1.165) is 32.7 Å². The molecule has 0 aliphatic carbocycles. The molecule has 0 aromatic carbocycles. The van der Waals surface area contributed by atoms with Gasteiger partial charge in [0.2, 0.25) is 0 Å². The number of nitrogens with zero attached hydrogens (tertiary/aromatic N) is 1. The molecular formula is C14H24N2OS. The molecule has 0 bridgehead atoms. The summed E-state index contributed by atoms with van der Waals surface area (Å²) in [7, 11) is 1.78. The summed E-state index contributed by atoms with van der Waals surface area (Å²) in [6.45, 7) is 5.36. The van der Waals surface area contributed by atoms with E-state index < -0.39 is 0 Å². The van der Waals surface area contributed by atoms with Gasteiger partial charge in [-0.1, -0.05) is 6.07 Å². The first-order valence-corrected chi connectivity index (χ1v) is 7.73. The molecule has 1 aromatic heterocycles. The van der Waals surface area contributed by atoms with Crippen molar-refractivity contribution < 1.29 is 4.74 Å². The SMILES string of the molecule is COCCN(CCc1cccs1)CC1CCCN1. The van der Waals surface area contributed by atoms with E-state index in [4.69, 9.17) is 4.74 Å². The van der Waals surface area contributed by atoms with E-state index in [-0.39, 0.29) is 0 Å². The van der Waals surface area contributed by atoms with Crippen LogP contribution in [0.1, 0.15) is 17.7 Å². The van der Waals surface area contributed by atoms with Gasteiger partial charge in [0.25, 0.3) is 0 Å². The lowest BCUT2D eigenvalue weighted by Crippen LogP contribution is -2.40. The molecule has 1 N–H and O–H groups in total. The van der Waals surface area contributed by atoms with Gasteiger partial charge in [0.05, 0.1) is 6.61 Å². The monoisotopic (exact) mass is 268 g/mol. The maximum atomic E-state index is 5.21. The van der Waals surface area contributed by atoms with Crippen LogP contribution in [0, 0.1) is 0 Å². The third-order valence-electron chi connectivity index (χ3n) is 3.51. The minimum Gasteiger partial charge on any atom is -0.383 e. The van der Waals surface area contributed by atoms with Gasteiger partial charge in [-0.3, -0.25) is 4.90 Å². The number of hydrogen-bond acceptors (Lipinski definition) is 4. The molecule has 0 radical (unpaired) electrons. The van der Waals surface area contributed by atoms with Gasteiger partial charge in [-0.2, -0.15) is 0 Å². The van der Waals surface area contributed by atoms with Crippen molar-refractivity contribution in [3.05, 3.63) is 22.4 Å². The summed E-state index contributed by atoms with van der Waals surface area (Å²) in [5, 5.41) is 5.74. The van der Waals surface area contributed by atoms with Gasteiger partial charge in [0.1, 0.15) is 0 Å². The Morgan fingerprint density at radius 2 is 2.44 bits per heavy atom. The lowest BCUT2D eigenvalue weighted by atomic mass is 10.2. The molecule has 1 atom stereocenters. The van der Waals surface area contributed by atoms with Crippen molar-refractivity contribution in [1.29, 1.82) is 0 Å². The minimum atomic E-state index is 0.685. The Morgan fingerprint density at radius 1 is 1.50 bits per heavy atom. The van der Waals surface area contributed by atoms with Crippen LogP contribution in [-0.2, 0) is 11.2 Å². The summed E-state index contributed by atoms with van der Waals surface area (Å²) < 4.78 is 5.21. The standard InChI is InChI=1S/C14H24N2OS/c1-17-10-9-16(12-13-4-2-7-15-13)8-6-14-5-3-11-18-14/h3,5,11,13,15H,2,4,6-10,12H2,1H3. The number of rotatable bonds is 8. The van der Waals surface area contributed by atoms with Crippen molar-refractivity contribution in [3.8, 4) is 0 Å². The molecule has 3 nitrogen and oxygen atoms in total. The Balaban J connectivity index is 1.75. The zero-order valence-electron chi connectivity index (χ0n) is 11.2. The first-order valence-electron chi connectivity index (χ1n) is 6.85. The topological polar surface area (TPSA) is 24.5 Å². The van der Waals surface area contributed by atoms with Crippen LogP contribution in [0.15, 0.2) is 17.5 Å². The van der Waals surface area contributed by atoms with Crippen molar-refractivity contribution in [2.24, 2.45) is 0 Å². The van der Waals surface area contributed by atoms with Gasteiger partial charge in [-0.25, -0.2) is 0 Å². The van der Waals surface area contributed by atoms with E-state index in [0.29, 0.717) is 6.04 Å². The molecule has 2 rings (SSSR count). The molecular weight excluding hydrogens is 244 g/mol. The second-order valence-corrected chi connectivity index (χ2v) is 5.95. The fourth-order valence-corrected chi connectivity index (χ4v) is 3.16. The Hall–Kier alpha value is -0.420. The van der Waals surface area contributed by atoms with E-state index in [9.17, 15) is 0 Å². The van der Waals surface area contributed by atoms with E-state index in [1.54, 1.807) is 7.11 Å². The molecule has 1 aliphatic rings. The van der Waals surface area contributed by atoms with Gasteiger partial charge in [0.15, 0.2) is 0 Å². The second-order valence-electron chi connectivity index (χ2n) is 4.92. The average Bonchev–Trinajstić information content (AvgIpc) is 3.05. The molecule has 0 spiro atoms. The Bertz CT molecular complexity index is 310. The molecule has 1 saturated heterocycles. The van der Waals surface area contributed by atoms with Gasteiger partial charge in [-0.05, 0) is 37.3 Å². The summed E-state index contributed by atoms with van der Waals surface area (Å²) in [5.41, 5.74) is 0. The third-order valence-corrected chi connectivity index (χ3v) is 4.44. The highest BCUT2D eigenvalue weighted by atomic mass is 32.1. The molecule has 18 heavy (non-hydrogen) atoms. The molecule has 1 fully saturated rings. The quantitative estimate of drug-likeness (QED) is 0.780. The average molecular weight is 268 g/mol. The van der Waals surface area contributed by atoms with Crippen LogP contribution in [0.2, 0.25) is 0 Å². The number of ether oxygens (including phenoxy) is 1. The number of nitrogens with one attached hydrogen (secondary N) is 1. The van der Waals surface area contributed by atoms with Crippen LogP contribution in [0.5, 0.6) is 0 Å². The van der Waals surface area contributed by atoms with E-state index in [1.807, 2.05) is 11.3 Å². The molecule has 0 amide bonds. The van der Waals surface area contributed by atoms with Gasteiger partial charge >= 0.3 is 0 Å². The van der Waals surface area contributed by atoms with Crippen LogP contribution >= 0.6 is 11.3 Å². The second kappa shape index (κ2) is 7.89. The zero-order valence-corrected chi connectivity index (χ0v) is 12.0. The maximum Gasteiger partial charge on any atom is 0.0589 e. The summed E-state index contributed by atoms with van der Waals surface area (Å²) >= 11 is 1.86. The van der Waals surface area contributed by atoms with E-state index >= 15 is 0 Å². The van der Waals surface area contributed by atoms with Crippen molar-refractivity contribution in [1.82, 2.24) is 10.2 Å². The molecule has 1 aliphatic heterocycles. The number of thiophene rings is 1. The van der Waals surface area contributed by atoms with Crippen molar-refractivity contribution in [3.63, 3.8) is 0 Å². The summed E-state index contributed by atoms with van der Waals surface area (Å²) in [5.74, 6) is 0. The summed E-state index contributed by atoms with van der Waals surface area (Å²) in [6, 6.07) is 5.05. The Labute approximate surface area is 114 Å². The Kier molecular flexibility index (Phi) is 6.14. The van der Waals surface area contributed by atoms with E-state index in [1.165, 1.54) is 24.3 Å². The molecule has 0 saturated carbocycles. The predicted octanol–water partition coefficient (Wildman–Crippen LogP) is 1.99.